The summed E-state index contributed by atoms with van der Waals surface area (Å²) in [4.78, 5) is 18.3. The molecule has 5 nitrogen and oxygen atoms in total. The molecule has 1 unspecified atom stereocenters. The monoisotopic (exact) mass is 215 g/mol. The number of benzene rings is 1. The molecule has 2 aliphatic heterocycles. The smallest absolute Gasteiger partial charge is 0.330 e. The van der Waals surface area contributed by atoms with Crippen LogP contribution in [0.25, 0.3) is 0 Å². The summed E-state index contributed by atoms with van der Waals surface area (Å²) in [5.74, 6) is 0.535. The highest BCUT2D eigenvalue weighted by molar-refractivity contribution is 6.08. The molecule has 1 N–H and O–H groups in total. The van der Waals surface area contributed by atoms with Crippen LogP contribution >= 0.6 is 0 Å². The highest BCUT2D eigenvalue weighted by Gasteiger charge is 2.36. The highest BCUT2D eigenvalue weighted by Crippen LogP contribution is 2.20. The second-order valence-electron chi connectivity index (χ2n) is 3.46. The molecule has 0 saturated carbocycles. The van der Waals surface area contributed by atoms with Crippen LogP contribution in [-0.2, 0) is 4.84 Å². The van der Waals surface area contributed by atoms with Crippen molar-refractivity contribution in [3.63, 3.8) is 0 Å². The van der Waals surface area contributed by atoms with Crippen LogP contribution < -0.4 is 5.32 Å². The Morgan fingerprint density at radius 1 is 1.31 bits per heavy atom. The maximum absolute atomic E-state index is 11.7. The average molecular weight is 215 g/mol. The molecule has 1 atom stereocenters. The Morgan fingerprint density at radius 2 is 2.12 bits per heavy atom. The number of fused-ring (bicyclic) bond motifs is 1. The van der Waals surface area contributed by atoms with Gasteiger partial charge in [-0.3, -0.25) is 0 Å². The van der Waals surface area contributed by atoms with E-state index in [9.17, 15) is 4.79 Å². The van der Waals surface area contributed by atoms with Gasteiger partial charge in [-0.25, -0.2) is 9.69 Å². The van der Waals surface area contributed by atoms with Gasteiger partial charge in [-0.15, -0.1) is 0 Å². The molecule has 2 amide bonds. The Bertz CT molecular complexity index is 481. The Hall–Kier alpha value is -2.30. The van der Waals surface area contributed by atoms with Crippen molar-refractivity contribution >= 4 is 11.9 Å². The van der Waals surface area contributed by atoms with Crippen LogP contribution in [0.4, 0.5) is 4.79 Å². The molecule has 2 aliphatic rings. The van der Waals surface area contributed by atoms with Crippen LogP contribution in [0.3, 0.4) is 0 Å². The van der Waals surface area contributed by atoms with Crippen molar-refractivity contribution in [3.8, 4) is 0 Å². The fourth-order valence-corrected chi connectivity index (χ4v) is 1.70. The lowest BCUT2D eigenvalue weighted by Gasteiger charge is -2.23. The Kier molecular flexibility index (Phi) is 1.89. The van der Waals surface area contributed by atoms with Crippen LogP contribution in [0.1, 0.15) is 5.56 Å². The Morgan fingerprint density at radius 3 is 2.94 bits per heavy atom. The van der Waals surface area contributed by atoms with Crippen molar-refractivity contribution in [2.75, 3.05) is 0 Å². The minimum Gasteiger partial charge on any atom is -0.363 e. The van der Waals surface area contributed by atoms with Gasteiger partial charge in [0.1, 0.15) is 0 Å². The maximum Gasteiger partial charge on any atom is 0.330 e. The zero-order chi connectivity index (χ0) is 11.0. The number of carbonyl (C=O) groups excluding carboxylic acids is 1. The molecule has 3 rings (SSSR count). The summed E-state index contributed by atoms with van der Waals surface area (Å²) in [6.45, 7) is 0. The number of amidine groups is 1. The number of oxime groups is 1. The average Bonchev–Trinajstić information content (AvgIpc) is 2.75. The lowest BCUT2D eigenvalue weighted by atomic mass is 10.2. The van der Waals surface area contributed by atoms with Crippen molar-refractivity contribution in [1.82, 2.24) is 10.2 Å². The summed E-state index contributed by atoms with van der Waals surface area (Å²) in [7, 11) is 0. The molecule has 0 radical (unpaired) electrons. The molecule has 2 heterocycles. The second kappa shape index (κ2) is 3.37. The zero-order valence-electron chi connectivity index (χ0n) is 8.33. The van der Waals surface area contributed by atoms with Crippen LogP contribution in [0, 0.1) is 0 Å². The lowest BCUT2D eigenvalue weighted by molar-refractivity contribution is 0.0569. The van der Waals surface area contributed by atoms with Crippen LogP contribution in [0.15, 0.2) is 47.8 Å². The molecule has 1 aromatic rings. The van der Waals surface area contributed by atoms with Gasteiger partial charge in [-0.05, 0) is 6.08 Å². The van der Waals surface area contributed by atoms with Gasteiger partial charge in [0, 0.05) is 11.8 Å². The van der Waals surface area contributed by atoms with Gasteiger partial charge in [0.2, 0.25) is 6.23 Å². The number of hydrogen-bond acceptors (Lipinski definition) is 3. The van der Waals surface area contributed by atoms with Gasteiger partial charge in [0.25, 0.3) is 0 Å². The topological polar surface area (TPSA) is 53.9 Å². The molecular weight excluding hydrogens is 206 g/mol. The van der Waals surface area contributed by atoms with Crippen molar-refractivity contribution in [1.29, 1.82) is 0 Å². The van der Waals surface area contributed by atoms with Gasteiger partial charge >= 0.3 is 6.03 Å². The summed E-state index contributed by atoms with van der Waals surface area (Å²) in [6.07, 6.45) is 2.87. The highest BCUT2D eigenvalue weighted by atomic mass is 16.7. The lowest BCUT2D eigenvalue weighted by Crippen LogP contribution is -2.47. The summed E-state index contributed by atoms with van der Waals surface area (Å²) >= 11 is 0. The molecule has 80 valence electrons. The van der Waals surface area contributed by atoms with Crippen molar-refractivity contribution in [2.45, 2.75) is 6.23 Å². The van der Waals surface area contributed by atoms with Gasteiger partial charge in [-0.1, -0.05) is 35.5 Å². The standard InChI is InChI=1S/C11H9N3O2/c15-11-12-7-6-9-14(11)10(13-16-9)8-4-2-1-3-5-8/h1-7,9H,(H,12,15). The van der Waals surface area contributed by atoms with E-state index in [1.165, 1.54) is 4.90 Å². The number of urea groups is 1. The fraction of sp³-hybridized carbons (Fsp3) is 0.0909. The first kappa shape index (κ1) is 8.96. The van der Waals surface area contributed by atoms with E-state index < -0.39 is 6.23 Å². The number of nitrogens with zero attached hydrogens (tertiary/aromatic N) is 2. The third-order valence-corrected chi connectivity index (χ3v) is 2.45. The van der Waals surface area contributed by atoms with Crippen molar-refractivity contribution in [2.24, 2.45) is 5.16 Å². The number of nitrogens with one attached hydrogen (secondary N) is 1. The minimum atomic E-state index is -0.427. The second-order valence-corrected chi connectivity index (χ2v) is 3.46. The summed E-state index contributed by atoms with van der Waals surface area (Å²) < 4.78 is 0. The van der Waals surface area contributed by atoms with Crippen LogP contribution in [-0.4, -0.2) is 23.0 Å². The van der Waals surface area contributed by atoms with Crippen LogP contribution in [0.5, 0.6) is 0 Å². The summed E-state index contributed by atoms with van der Waals surface area (Å²) in [6, 6.07) is 9.23. The van der Waals surface area contributed by atoms with Gasteiger partial charge in [0.05, 0.1) is 0 Å². The van der Waals surface area contributed by atoms with E-state index in [-0.39, 0.29) is 6.03 Å². The first-order valence-electron chi connectivity index (χ1n) is 4.92. The van der Waals surface area contributed by atoms with Crippen molar-refractivity contribution in [3.05, 3.63) is 48.2 Å². The largest absolute Gasteiger partial charge is 0.363 e. The molecule has 0 bridgehead atoms. The summed E-state index contributed by atoms with van der Waals surface area (Å²) in [5.41, 5.74) is 0.857. The predicted molar refractivity (Wildman–Crippen MR) is 57.4 cm³/mol. The molecule has 16 heavy (non-hydrogen) atoms. The number of amides is 2. The Balaban J connectivity index is 1.99. The Labute approximate surface area is 92.0 Å². The molecule has 0 saturated heterocycles. The molecule has 0 aromatic heterocycles. The predicted octanol–water partition coefficient (Wildman–Crippen LogP) is 1.24. The number of carbonyl (C=O) groups is 1. The molecule has 0 fully saturated rings. The van der Waals surface area contributed by atoms with E-state index in [1.54, 1.807) is 12.3 Å². The SMILES string of the molecule is O=C1NC=CC2ON=C(c3ccccc3)N12. The molecule has 0 spiro atoms. The fourth-order valence-electron chi connectivity index (χ4n) is 1.70. The quantitative estimate of drug-likeness (QED) is 0.766. The van der Waals surface area contributed by atoms with E-state index in [0.717, 1.165) is 5.56 Å². The van der Waals surface area contributed by atoms with Gasteiger partial charge in [-0.2, -0.15) is 0 Å². The first-order chi connectivity index (χ1) is 7.86. The van der Waals surface area contributed by atoms with E-state index in [0.29, 0.717) is 5.84 Å². The van der Waals surface area contributed by atoms with E-state index in [4.69, 9.17) is 4.84 Å². The van der Waals surface area contributed by atoms with Gasteiger partial charge in [0.15, 0.2) is 5.84 Å². The number of rotatable bonds is 1. The van der Waals surface area contributed by atoms with E-state index >= 15 is 0 Å². The normalized spacial score (nSPS) is 22.2. The van der Waals surface area contributed by atoms with Crippen LogP contribution in [0.2, 0.25) is 0 Å². The zero-order valence-corrected chi connectivity index (χ0v) is 8.33. The molecule has 5 heteroatoms. The first-order valence-corrected chi connectivity index (χ1v) is 4.92. The van der Waals surface area contributed by atoms with E-state index in [2.05, 4.69) is 10.5 Å². The molecule has 0 aliphatic carbocycles. The summed E-state index contributed by atoms with van der Waals surface area (Å²) in [5, 5.41) is 6.53. The minimum absolute atomic E-state index is 0.229. The number of hydrogen-bond donors (Lipinski definition) is 1. The van der Waals surface area contributed by atoms with Gasteiger partial charge < -0.3 is 10.2 Å². The van der Waals surface area contributed by atoms with Crippen molar-refractivity contribution < 1.29 is 9.63 Å². The molecule has 1 aromatic carbocycles. The third kappa shape index (κ3) is 1.25. The van der Waals surface area contributed by atoms with E-state index in [1.807, 2.05) is 30.3 Å². The maximum atomic E-state index is 11.7. The third-order valence-electron chi connectivity index (χ3n) is 2.45. The molecular formula is C11H9N3O2.